The molecule has 0 atom stereocenters. The van der Waals surface area contributed by atoms with E-state index in [1.165, 1.54) is 6.26 Å². The minimum atomic E-state index is -0.313. The molecular formula is C13H14O3S. The molecule has 0 radical (unpaired) electrons. The Kier molecular flexibility index (Phi) is 4.09. The summed E-state index contributed by atoms with van der Waals surface area (Å²) in [6.45, 7) is 2.63. The van der Waals surface area contributed by atoms with Crippen molar-refractivity contribution in [3.63, 3.8) is 0 Å². The standard InChI is InChI=1S/C13H14O3S/c1-2-17-12-6-4-3-5-11(12)16-13(14)10-7-8-15-9-10/h3-6,9H,2,7-8H2,1H3. The van der Waals surface area contributed by atoms with Crippen LogP contribution in [-0.2, 0) is 9.53 Å². The first-order chi connectivity index (χ1) is 8.31. The molecule has 1 aliphatic heterocycles. The lowest BCUT2D eigenvalue weighted by Gasteiger charge is -2.08. The van der Waals surface area contributed by atoms with E-state index in [-0.39, 0.29) is 5.97 Å². The fraction of sp³-hybridized carbons (Fsp3) is 0.308. The van der Waals surface area contributed by atoms with Crippen LogP contribution in [0.5, 0.6) is 5.75 Å². The molecule has 0 bridgehead atoms. The van der Waals surface area contributed by atoms with Crippen LogP contribution < -0.4 is 4.74 Å². The first kappa shape index (κ1) is 12.0. The third-order valence-corrected chi connectivity index (χ3v) is 3.27. The van der Waals surface area contributed by atoms with Gasteiger partial charge in [0.25, 0.3) is 0 Å². The minimum absolute atomic E-state index is 0.313. The Morgan fingerprint density at radius 3 is 3.00 bits per heavy atom. The molecule has 1 heterocycles. The Morgan fingerprint density at radius 2 is 2.29 bits per heavy atom. The van der Waals surface area contributed by atoms with Gasteiger partial charge in [-0.25, -0.2) is 4.79 Å². The van der Waals surface area contributed by atoms with Crippen molar-refractivity contribution in [1.29, 1.82) is 0 Å². The molecule has 0 fully saturated rings. The normalized spacial score (nSPS) is 14.1. The number of para-hydroxylation sites is 1. The van der Waals surface area contributed by atoms with E-state index in [0.717, 1.165) is 10.6 Å². The van der Waals surface area contributed by atoms with Crippen LogP contribution in [-0.4, -0.2) is 18.3 Å². The summed E-state index contributed by atoms with van der Waals surface area (Å²) in [7, 11) is 0. The van der Waals surface area contributed by atoms with Crippen LogP contribution in [0.4, 0.5) is 0 Å². The maximum Gasteiger partial charge on any atom is 0.342 e. The molecule has 0 saturated heterocycles. The van der Waals surface area contributed by atoms with Crippen LogP contribution in [0, 0.1) is 0 Å². The number of ether oxygens (including phenoxy) is 2. The minimum Gasteiger partial charge on any atom is -0.500 e. The van der Waals surface area contributed by atoms with Crippen LogP contribution in [0.2, 0.25) is 0 Å². The van der Waals surface area contributed by atoms with Crippen molar-refractivity contribution in [3.8, 4) is 5.75 Å². The summed E-state index contributed by atoms with van der Waals surface area (Å²) in [5.41, 5.74) is 0.598. The second kappa shape index (κ2) is 5.77. The molecule has 90 valence electrons. The SMILES string of the molecule is CCSc1ccccc1OC(=O)C1=COCC1. The Bertz CT molecular complexity index is 440. The summed E-state index contributed by atoms with van der Waals surface area (Å²) in [5, 5.41) is 0. The molecule has 1 aromatic rings. The van der Waals surface area contributed by atoms with Crippen molar-refractivity contribution < 1.29 is 14.3 Å². The van der Waals surface area contributed by atoms with Crippen molar-refractivity contribution in [1.82, 2.24) is 0 Å². The van der Waals surface area contributed by atoms with E-state index >= 15 is 0 Å². The van der Waals surface area contributed by atoms with E-state index in [4.69, 9.17) is 9.47 Å². The molecule has 17 heavy (non-hydrogen) atoms. The van der Waals surface area contributed by atoms with E-state index in [1.54, 1.807) is 11.8 Å². The van der Waals surface area contributed by atoms with E-state index in [9.17, 15) is 4.79 Å². The van der Waals surface area contributed by atoms with Crippen molar-refractivity contribution in [2.45, 2.75) is 18.2 Å². The summed E-state index contributed by atoms with van der Waals surface area (Å²) in [5.74, 6) is 1.25. The van der Waals surface area contributed by atoms with Crippen LogP contribution >= 0.6 is 11.8 Å². The van der Waals surface area contributed by atoms with Gasteiger partial charge in [0.2, 0.25) is 0 Å². The van der Waals surface area contributed by atoms with Crippen LogP contribution in [0.15, 0.2) is 41.0 Å². The first-order valence-corrected chi connectivity index (χ1v) is 6.54. The first-order valence-electron chi connectivity index (χ1n) is 5.56. The fourth-order valence-corrected chi connectivity index (χ4v) is 2.25. The number of rotatable bonds is 4. The molecule has 0 saturated carbocycles. The van der Waals surface area contributed by atoms with Gasteiger partial charge in [-0.1, -0.05) is 19.1 Å². The molecule has 0 spiro atoms. The molecule has 4 heteroatoms. The molecule has 0 unspecified atom stereocenters. The van der Waals surface area contributed by atoms with Gasteiger partial charge in [0.15, 0.2) is 0 Å². The smallest absolute Gasteiger partial charge is 0.342 e. The molecule has 2 rings (SSSR count). The Hall–Kier alpha value is -1.42. The lowest BCUT2D eigenvalue weighted by Crippen LogP contribution is -2.10. The lowest BCUT2D eigenvalue weighted by atomic mass is 10.2. The average molecular weight is 250 g/mol. The Morgan fingerprint density at radius 1 is 1.47 bits per heavy atom. The predicted molar refractivity (Wildman–Crippen MR) is 67.1 cm³/mol. The zero-order chi connectivity index (χ0) is 12.1. The van der Waals surface area contributed by atoms with Gasteiger partial charge in [-0.3, -0.25) is 0 Å². The second-order valence-electron chi connectivity index (χ2n) is 3.53. The number of hydrogen-bond acceptors (Lipinski definition) is 4. The molecule has 0 amide bonds. The summed E-state index contributed by atoms with van der Waals surface area (Å²) in [6, 6.07) is 7.57. The highest BCUT2D eigenvalue weighted by molar-refractivity contribution is 7.99. The largest absolute Gasteiger partial charge is 0.500 e. The monoisotopic (exact) mass is 250 g/mol. The van der Waals surface area contributed by atoms with Crippen molar-refractivity contribution in [3.05, 3.63) is 36.1 Å². The van der Waals surface area contributed by atoms with Gasteiger partial charge in [0.1, 0.15) is 5.75 Å². The van der Waals surface area contributed by atoms with Gasteiger partial charge in [0.05, 0.1) is 23.3 Å². The zero-order valence-corrected chi connectivity index (χ0v) is 10.5. The summed E-state index contributed by atoms with van der Waals surface area (Å²) in [6.07, 6.45) is 2.11. The molecule has 1 aromatic carbocycles. The molecular weight excluding hydrogens is 236 g/mol. The molecule has 0 N–H and O–H groups in total. The summed E-state index contributed by atoms with van der Waals surface area (Å²) >= 11 is 1.66. The summed E-state index contributed by atoms with van der Waals surface area (Å²) < 4.78 is 10.4. The van der Waals surface area contributed by atoms with Gasteiger partial charge in [-0.05, 0) is 17.9 Å². The van der Waals surface area contributed by atoms with Gasteiger partial charge in [-0.2, -0.15) is 0 Å². The quantitative estimate of drug-likeness (QED) is 0.467. The van der Waals surface area contributed by atoms with Gasteiger partial charge >= 0.3 is 5.97 Å². The number of thioether (sulfide) groups is 1. The Labute approximate surface area is 105 Å². The third-order valence-electron chi connectivity index (χ3n) is 2.33. The highest BCUT2D eigenvalue weighted by Gasteiger charge is 2.17. The van der Waals surface area contributed by atoms with Crippen molar-refractivity contribution in [2.75, 3.05) is 12.4 Å². The number of esters is 1. The average Bonchev–Trinajstić information content (AvgIpc) is 2.85. The highest BCUT2D eigenvalue weighted by Crippen LogP contribution is 2.29. The predicted octanol–water partition coefficient (Wildman–Crippen LogP) is 3.01. The number of benzene rings is 1. The lowest BCUT2D eigenvalue weighted by molar-refractivity contribution is -0.130. The van der Waals surface area contributed by atoms with Gasteiger partial charge in [-0.15, -0.1) is 11.8 Å². The Balaban J connectivity index is 2.09. The maximum atomic E-state index is 11.8. The van der Waals surface area contributed by atoms with Crippen LogP contribution in [0.25, 0.3) is 0 Å². The van der Waals surface area contributed by atoms with E-state index in [1.807, 2.05) is 24.3 Å². The molecule has 0 aromatic heterocycles. The number of carbonyl (C=O) groups excluding carboxylic acids is 1. The van der Waals surface area contributed by atoms with Gasteiger partial charge < -0.3 is 9.47 Å². The van der Waals surface area contributed by atoms with E-state index in [2.05, 4.69) is 6.92 Å². The van der Waals surface area contributed by atoms with E-state index in [0.29, 0.717) is 24.4 Å². The third kappa shape index (κ3) is 3.03. The van der Waals surface area contributed by atoms with Crippen molar-refractivity contribution >= 4 is 17.7 Å². The zero-order valence-electron chi connectivity index (χ0n) is 9.64. The van der Waals surface area contributed by atoms with E-state index < -0.39 is 0 Å². The maximum absolute atomic E-state index is 11.8. The summed E-state index contributed by atoms with van der Waals surface area (Å²) in [4.78, 5) is 12.8. The topological polar surface area (TPSA) is 35.5 Å². The van der Waals surface area contributed by atoms with Crippen LogP contribution in [0.3, 0.4) is 0 Å². The number of hydrogen-bond donors (Lipinski definition) is 0. The molecule has 3 nitrogen and oxygen atoms in total. The highest BCUT2D eigenvalue weighted by atomic mass is 32.2. The molecule has 1 aliphatic rings. The van der Waals surface area contributed by atoms with Crippen LogP contribution in [0.1, 0.15) is 13.3 Å². The number of carbonyl (C=O) groups is 1. The second-order valence-corrected chi connectivity index (χ2v) is 4.84. The fourth-order valence-electron chi connectivity index (χ4n) is 1.51. The van der Waals surface area contributed by atoms with Gasteiger partial charge in [0, 0.05) is 6.42 Å². The van der Waals surface area contributed by atoms with Crippen molar-refractivity contribution in [2.24, 2.45) is 0 Å². The molecule has 0 aliphatic carbocycles.